The number of carbonyl (C=O) groups excluding carboxylic acids is 3. The maximum absolute atomic E-state index is 13.2. The maximum Gasteiger partial charge on any atom is 0.338 e. The average molecular weight is 456 g/mol. The molecule has 0 radical (unpaired) electrons. The standard InChI is InChI=1S/C27H24N2O5/c1-16(2)34-27(33)19-10-12-21(13-11-19)29-23(20-5-4-14-28-15-20)22(25(31)26(29)32)24(30)18-8-6-17(3)7-9-18/h4-16,23,30H,1-3H3/b24-22+. The van der Waals surface area contributed by atoms with Gasteiger partial charge in [-0.3, -0.25) is 19.5 Å². The van der Waals surface area contributed by atoms with E-state index in [4.69, 9.17) is 4.74 Å². The van der Waals surface area contributed by atoms with Gasteiger partial charge in [-0.15, -0.1) is 0 Å². The van der Waals surface area contributed by atoms with E-state index >= 15 is 0 Å². The van der Waals surface area contributed by atoms with Crippen molar-refractivity contribution < 1.29 is 24.2 Å². The number of hydrogen-bond donors (Lipinski definition) is 1. The molecule has 7 nitrogen and oxygen atoms in total. The van der Waals surface area contributed by atoms with E-state index in [0.29, 0.717) is 22.4 Å². The minimum Gasteiger partial charge on any atom is -0.507 e. The number of aromatic nitrogens is 1. The second-order valence-electron chi connectivity index (χ2n) is 8.32. The van der Waals surface area contributed by atoms with Crippen molar-refractivity contribution in [2.24, 2.45) is 0 Å². The number of esters is 1. The molecule has 2 heterocycles. The minimum atomic E-state index is -0.886. The van der Waals surface area contributed by atoms with Crippen LogP contribution in [-0.4, -0.2) is 33.9 Å². The van der Waals surface area contributed by atoms with Crippen LogP contribution in [0, 0.1) is 6.92 Å². The van der Waals surface area contributed by atoms with Gasteiger partial charge >= 0.3 is 5.97 Å². The SMILES string of the molecule is Cc1ccc(/C(O)=C2\C(=O)C(=O)N(c3ccc(C(=O)OC(C)C)cc3)C2c2cccnc2)cc1. The lowest BCUT2D eigenvalue weighted by Gasteiger charge is -2.25. The smallest absolute Gasteiger partial charge is 0.338 e. The number of pyridine rings is 1. The lowest BCUT2D eigenvalue weighted by atomic mass is 9.96. The molecule has 1 aliphatic heterocycles. The number of ketones is 1. The molecule has 1 fully saturated rings. The summed E-state index contributed by atoms with van der Waals surface area (Å²) in [7, 11) is 0. The summed E-state index contributed by atoms with van der Waals surface area (Å²) in [4.78, 5) is 44.0. The van der Waals surface area contributed by atoms with Crippen molar-refractivity contribution in [1.29, 1.82) is 0 Å². The van der Waals surface area contributed by atoms with Gasteiger partial charge in [0.25, 0.3) is 11.7 Å². The van der Waals surface area contributed by atoms with E-state index in [2.05, 4.69) is 4.98 Å². The van der Waals surface area contributed by atoms with Crippen LogP contribution in [0.4, 0.5) is 5.69 Å². The van der Waals surface area contributed by atoms with Gasteiger partial charge in [0.05, 0.1) is 23.3 Å². The Morgan fingerprint density at radius 3 is 2.24 bits per heavy atom. The van der Waals surface area contributed by atoms with Crippen molar-refractivity contribution in [2.75, 3.05) is 4.90 Å². The molecule has 172 valence electrons. The monoisotopic (exact) mass is 456 g/mol. The Labute approximate surface area is 197 Å². The molecule has 2 aromatic carbocycles. The summed E-state index contributed by atoms with van der Waals surface area (Å²) in [6.45, 7) is 5.43. The molecule has 0 aliphatic carbocycles. The van der Waals surface area contributed by atoms with Crippen molar-refractivity contribution in [1.82, 2.24) is 4.98 Å². The van der Waals surface area contributed by atoms with Gasteiger partial charge < -0.3 is 9.84 Å². The molecular weight excluding hydrogens is 432 g/mol. The molecule has 1 unspecified atom stereocenters. The fourth-order valence-electron chi connectivity index (χ4n) is 3.86. The van der Waals surface area contributed by atoms with Gasteiger partial charge in [-0.25, -0.2) is 4.79 Å². The maximum atomic E-state index is 13.2. The average Bonchev–Trinajstić information content (AvgIpc) is 3.10. The second kappa shape index (κ2) is 9.31. The molecule has 34 heavy (non-hydrogen) atoms. The van der Waals surface area contributed by atoms with E-state index in [-0.39, 0.29) is 17.4 Å². The number of carbonyl (C=O) groups is 3. The Morgan fingerprint density at radius 2 is 1.65 bits per heavy atom. The minimum absolute atomic E-state index is 0.0230. The number of amides is 1. The molecule has 1 N–H and O–H groups in total. The van der Waals surface area contributed by atoms with E-state index in [1.165, 1.54) is 4.90 Å². The van der Waals surface area contributed by atoms with Crippen molar-refractivity contribution in [3.63, 3.8) is 0 Å². The molecule has 0 bridgehead atoms. The number of benzene rings is 2. The summed E-state index contributed by atoms with van der Waals surface area (Å²) >= 11 is 0. The van der Waals surface area contributed by atoms with Gasteiger partial charge in [0.2, 0.25) is 0 Å². The van der Waals surface area contributed by atoms with Crippen molar-refractivity contribution in [2.45, 2.75) is 32.9 Å². The fraction of sp³-hybridized carbons (Fsp3) is 0.185. The van der Waals surface area contributed by atoms with Gasteiger partial charge in [0, 0.05) is 23.6 Å². The Bertz CT molecular complexity index is 1260. The highest BCUT2D eigenvalue weighted by molar-refractivity contribution is 6.51. The quantitative estimate of drug-likeness (QED) is 0.261. The van der Waals surface area contributed by atoms with E-state index < -0.39 is 23.7 Å². The first kappa shape index (κ1) is 22.9. The van der Waals surface area contributed by atoms with Gasteiger partial charge in [-0.2, -0.15) is 0 Å². The van der Waals surface area contributed by atoms with Crippen LogP contribution in [0.3, 0.4) is 0 Å². The Balaban J connectivity index is 1.82. The van der Waals surface area contributed by atoms with Crippen molar-refractivity contribution in [3.05, 3.63) is 101 Å². The Kier molecular flexibility index (Phi) is 6.27. The van der Waals surface area contributed by atoms with Crippen LogP contribution in [0.5, 0.6) is 0 Å². The molecule has 4 rings (SSSR count). The molecule has 1 aromatic heterocycles. The summed E-state index contributed by atoms with van der Waals surface area (Å²) in [5.41, 5.74) is 2.71. The van der Waals surface area contributed by atoms with Crippen LogP contribution in [-0.2, 0) is 14.3 Å². The van der Waals surface area contributed by atoms with Crippen molar-refractivity contribution in [3.8, 4) is 0 Å². The zero-order valence-corrected chi connectivity index (χ0v) is 19.1. The van der Waals surface area contributed by atoms with E-state index in [9.17, 15) is 19.5 Å². The number of hydrogen-bond acceptors (Lipinski definition) is 6. The third kappa shape index (κ3) is 4.32. The molecule has 7 heteroatoms. The first-order valence-electron chi connectivity index (χ1n) is 10.9. The zero-order chi connectivity index (χ0) is 24.4. The second-order valence-corrected chi connectivity index (χ2v) is 8.32. The molecule has 0 spiro atoms. The van der Waals surface area contributed by atoms with Crippen LogP contribution in [0.1, 0.15) is 46.9 Å². The number of Topliss-reactive ketones (excluding diaryl/α,β-unsaturated/α-hetero) is 1. The number of aliphatic hydroxyl groups excluding tert-OH is 1. The van der Waals surface area contributed by atoms with Crippen LogP contribution in [0.2, 0.25) is 0 Å². The fourth-order valence-corrected chi connectivity index (χ4v) is 3.86. The van der Waals surface area contributed by atoms with Crippen LogP contribution >= 0.6 is 0 Å². The predicted molar refractivity (Wildman–Crippen MR) is 127 cm³/mol. The van der Waals surface area contributed by atoms with Crippen LogP contribution < -0.4 is 4.90 Å². The van der Waals surface area contributed by atoms with E-state index in [1.54, 1.807) is 74.8 Å². The Morgan fingerprint density at radius 1 is 1.00 bits per heavy atom. The third-order valence-corrected chi connectivity index (χ3v) is 5.49. The number of anilines is 1. The Hall–Kier alpha value is -4.26. The van der Waals surface area contributed by atoms with Crippen LogP contribution in [0.15, 0.2) is 78.6 Å². The summed E-state index contributed by atoms with van der Waals surface area (Å²) in [6, 6.07) is 15.8. The largest absolute Gasteiger partial charge is 0.507 e. The summed E-state index contributed by atoms with van der Waals surface area (Å²) in [5, 5.41) is 11.1. The van der Waals surface area contributed by atoms with Crippen molar-refractivity contribution >= 4 is 29.1 Å². The molecule has 1 atom stereocenters. The molecule has 1 amide bonds. The van der Waals surface area contributed by atoms with Gasteiger partial charge in [0.1, 0.15) is 5.76 Å². The number of aryl methyl sites for hydroxylation is 1. The van der Waals surface area contributed by atoms with E-state index in [0.717, 1.165) is 5.56 Å². The summed E-state index contributed by atoms with van der Waals surface area (Å²) in [5.74, 6) is -2.31. The first-order valence-corrected chi connectivity index (χ1v) is 10.9. The third-order valence-electron chi connectivity index (χ3n) is 5.49. The lowest BCUT2D eigenvalue weighted by molar-refractivity contribution is -0.132. The normalized spacial score (nSPS) is 17.3. The molecule has 0 saturated carbocycles. The summed E-state index contributed by atoms with van der Waals surface area (Å²) < 4.78 is 5.21. The number of rotatable bonds is 5. The highest BCUT2D eigenvalue weighted by atomic mass is 16.5. The highest BCUT2D eigenvalue weighted by Crippen LogP contribution is 2.42. The van der Waals surface area contributed by atoms with E-state index in [1.807, 2.05) is 19.1 Å². The molecule has 1 saturated heterocycles. The van der Waals surface area contributed by atoms with Gasteiger partial charge in [0.15, 0.2) is 0 Å². The number of nitrogens with zero attached hydrogens (tertiary/aromatic N) is 2. The van der Waals surface area contributed by atoms with Crippen LogP contribution in [0.25, 0.3) is 5.76 Å². The topological polar surface area (TPSA) is 96.8 Å². The predicted octanol–water partition coefficient (Wildman–Crippen LogP) is 4.58. The molecular formula is C27H24N2O5. The van der Waals surface area contributed by atoms with Gasteiger partial charge in [-0.1, -0.05) is 35.9 Å². The number of ether oxygens (including phenoxy) is 1. The molecule has 1 aliphatic rings. The number of aliphatic hydroxyl groups is 1. The lowest BCUT2D eigenvalue weighted by Crippen LogP contribution is -2.29. The first-order chi connectivity index (χ1) is 16.3. The highest BCUT2D eigenvalue weighted by Gasteiger charge is 2.47. The molecule has 3 aromatic rings. The zero-order valence-electron chi connectivity index (χ0n) is 19.1. The van der Waals surface area contributed by atoms with Gasteiger partial charge in [-0.05, 0) is 56.7 Å². The summed E-state index contributed by atoms with van der Waals surface area (Å²) in [6.07, 6.45) is 2.88.